The molecule has 3 rings (SSSR count). The standard InChI is InChI=1S/C9H10N6O3S/c1-2-15-9(16)14-5-10-8(7(14)11-13-15)19(17,18)12-6-3-4-6/h2,5-6,12H,1,3-4H2. The Morgan fingerprint density at radius 3 is 2.84 bits per heavy atom. The average molecular weight is 282 g/mol. The molecule has 1 aliphatic carbocycles. The van der Waals surface area contributed by atoms with Gasteiger partial charge in [0.05, 0.1) is 0 Å². The van der Waals surface area contributed by atoms with Crippen LogP contribution in [0.1, 0.15) is 12.8 Å². The molecule has 1 saturated carbocycles. The first kappa shape index (κ1) is 12.0. The van der Waals surface area contributed by atoms with Crippen molar-refractivity contribution >= 4 is 21.9 Å². The number of nitrogens with one attached hydrogen (secondary N) is 1. The van der Waals surface area contributed by atoms with Crippen molar-refractivity contribution in [3.05, 3.63) is 23.4 Å². The molecule has 1 aliphatic rings. The number of sulfonamides is 1. The molecule has 0 saturated heterocycles. The second kappa shape index (κ2) is 3.96. The molecule has 0 bridgehead atoms. The van der Waals surface area contributed by atoms with Crippen molar-refractivity contribution in [2.45, 2.75) is 23.9 Å². The zero-order valence-electron chi connectivity index (χ0n) is 9.72. The van der Waals surface area contributed by atoms with Gasteiger partial charge in [-0.15, -0.1) is 5.10 Å². The minimum Gasteiger partial charge on any atom is -0.245 e. The highest BCUT2D eigenvalue weighted by Gasteiger charge is 2.31. The Bertz CT molecular complexity index is 816. The van der Waals surface area contributed by atoms with E-state index in [4.69, 9.17) is 0 Å². The minimum absolute atomic E-state index is 0.0525. The molecule has 0 spiro atoms. The lowest BCUT2D eigenvalue weighted by Gasteiger charge is -2.02. The zero-order chi connectivity index (χ0) is 13.6. The van der Waals surface area contributed by atoms with E-state index in [2.05, 4.69) is 26.6 Å². The first-order valence-electron chi connectivity index (χ1n) is 5.50. The maximum Gasteiger partial charge on any atom is 0.357 e. The highest BCUT2D eigenvalue weighted by molar-refractivity contribution is 7.89. The number of aromatic nitrogens is 5. The molecular weight excluding hydrogens is 272 g/mol. The molecule has 0 aliphatic heterocycles. The Labute approximate surface area is 107 Å². The number of fused-ring (bicyclic) bond motifs is 1. The summed E-state index contributed by atoms with van der Waals surface area (Å²) in [6.07, 6.45) is 3.89. The first-order valence-corrected chi connectivity index (χ1v) is 6.98. The molecule has 0 atom stereocenters. The highest BCUT2D eigenvalue weighted by atomic mass is 32.2. The molecule has 100 valence electrons. The van der Waals surface area contributed by atoms with Crippen molar-refractivity contribution in [2.24, 2.45) is 0 Å². The summed E-state index contributed by atoms with van der Waals surface area (Å²) in [5.74, 6) is 0. The second-order valence-corrected chi connectivity index (χ2v) is 5.77. The largest absolute Gasteiger partial charge is 0.357 e. The molecule has 19 heavy (non-hydrogen) atoms. The molecule has 2 aromatic heterocycles. The maximum absolute atomic E-state index is 12.0. The third kappa shape index (κ3) is 1.94. The number of imidazole rings is 1. The number of nitrogens with zero attached hydrogens (tertiary/aromatic N) is 5. The van der Waals surface area contributed by atoms with E-state index < -0.39 is 15.7 Å². The summed E-state index contributed by atoms with van der Waals surface area (Å²) >= 11 is 0. The fraction of sp³-hybridized carbons (Fsp3) is 0.333. The SMILES string of the molecule is C=Cn1nnc2c(S(=O)(=O)NC3CC3)ncn2c1=O. The molecule has 1 fully saturated rings. The molecule has 0 aromatic carbocycles. The first-order chi connectivity index (χ1) is 9.03. The van der Waals surface area contributed by atoms with Crippen LogP contribution in [-0.4, -0.2) is 38.8 Å². The smallest absolute Gasteiger partial charge is 0.245 e. The van der Waals surface area contributed by atoms with Crippen molar-refractivity contribution in [3.8, 4) is 0 Å². The molecule has 9 nitrogen and oxygen atoms in total. The number of rotatable bonds is 4. The van der Waals surface area contributed by atoms with E-state index in [1.165, 1.54) is 6.20 Å². The van der Waals surface area contributed by atoms with E-state index in [1.807, 2.05) is 0 Å². The van der Waals surface area contributed by atoms with Gasteiger partial charge in [0.1, 0.15) is 6.33 Å². The van der Waals surface area contributed by atoms with Crippen LogP contribution in [0.5, 0.6) is 0 Å². The van der Waals surface area contributed by atoms with Crippen molar-refractivity contribution in [3.63, 3.8) is 0 Å². The molecule has 0 radical (unpaired) electrons. The summed E-state index contributed by atoms with van der Waals surface area (Å²) in [7, 11) is -3.78. The van der Waals surface area contributed by atoms with Gasteiger partial charge in [0.15, 0.2) is 0 Å². The summed E-state index contributed by atoms with van der Waals surface area (Å²) in [6.45, 7) is 3.40. The van der Waals surface area contributed by atoms with Gasteiger partial charge in [0, 0.05) is 12.2 Å². The van der Waals surface area contributed by atoms with Crippen LogP contribution in [0.4, 0.5) is 0 Å². The van der Waals surface area contributed by atoms with Gasteiger partial charge in [0.25, 0.3) is 10.0 Å². The van der Waals surface area contributed by atoms with Crippen LogP contribution in [-0.2, 0) is 10.0 Å². The maximum atomic E-state index is 12.0. The molecular formula is C9H10N6O3S. The Balaban J connectivity index is 2.18. The van der Waals surface area contributed by atoms with Gasteiger partial charge in [0.2, 0.25) is 10.7 Å². The molecule has 2 aromatic rings. The van der Waals surface area contributed by atoms with E-state index in [1.54, 1.807) is 0 Å². The molecule has 1 N–H and O–H groups in total. The topological polar surface area (TPSA) is 111 Å². The number of hydrogen-bond donors (Lipinski definition) is 1. The van der Waals surface area contributed by atoms with E-state index in [0.717, 1.165) is 28.3 Å². The van der Waals surface area contributed by atoms with Gasteiger partial charge in [-0.3, -0.25) is 0 Å². The van der Waals surface area contributed by atoms with Gasteiger partial charge >= 0.3 is 5.69 Å². The highest BCUT2D eigenvalue weighted by Crippen LogP contribution is 2.22. The lowest BCUT2D eigenvalue weighted by Crippen LogP contribution is -2.28. The summed E-state index contributed by atoms with van der Waals surface area (Å²) in [4.78, 5) is 15.6. The van der Waals surface area contributed by atoms with Crippen LogP contribution in [0.15, 0.2) is 22.7 Å². The van der Waals surface area contributed by atoms with Crippen LogP contribution >= 0.6 is 0 Å². The summed E-state index contributed by atoms with van der Waals surface area (Å²) in [6, 6.07) is -0.0525. The third-order valence-electron chi connectivity index (χ3n) is 2.67. The molecule has 2 heterocycles. The Morgan fingerprint density at radius 1 is 1.47 bits per heavy atom. The minimum atomic E-state index is -3.78. The van der Waals surface area contributed by atoms with Gasteiger partial charge in [-0.1, -0.05) is 11.8 Å². The van der Waals surface area contributed by atoms with Gasteiger partial charge < -0.3 is 0 Å². The van der Waals surface area contributed by atoms with Crippen LogP contribution < -0.4 is 10.4 Å². The summed E-state index contributed by atoms with van der Waals surface area (Å²) in [5.41, 5.74) is -0.684. The lowest BCUT2D eigenvalue weighted by atomic mass is 10.8. The second-order valence-electron chi connectivity index (χ2n) is 4.14. The van der Waals surface area contributed by atoms with Crippen LogP contribution in [0, 0.1) is 0 Å². The van der Waals surface area contributed by atoms with Gasteiger partial charge in [-0.05, 0) is 12.8 Å². The summed E-state index contributed by atoms with van der Waals surface area (Å²) in [5, 5.41) is 6.95. The van der Waals surface area contributed by atoms with Crippen LogP contribution in [0.3, 0.4) is 0 Å². The normalized spacial score (nSPS) is 15.8. The Hall–Kier alpha value is -2.07. The van der Waals surface area contributed by atoms with Crippen molar-refractivity contribution in [2.75, 3.05) is 0 Å². The fourth-order valence-electron chi connectivity index (χ4n) is 1.58. The van der Waals surface area contributed by atoms with E-state index in [-0.39, 0.29) is 16.7 Å². The van der Waals surface area contributed by atoms with E-state index in [0.29, 0.717) is 0 Å². The fourth-order valence-corrected chi connectivity index (χ4v) is 2.93. The average Bonchev–Trinajstić information content (AvgIpc) is 3.04. The van der Waals surface area contributed by atoms with Gasteiger partial charge in [-0.25, -0.2) is 27.3 Å². The van der Waals surface area contributed by atoms with Crippen LogP contribution in [0.25, 0.3) is 11.8 Å². The van der Waals surface area contributed by atoms with Crippen molar-refractivity contribution < 1.29 is 8.42 Å². The summed E-state index contributed by atoms with van der Waals surface area (Å²) < 4.78 is 28.5. The van der Waals surface area contributed by atoms with E-state index in [9.17, 15) is 13.2 Å². The zero-order valence-corrected chi connectivity index (χ0v) is 10.5. The quantitative estimate of drug-likeness (QED) is 0.756. The Kier molecular flexibility index (Phi) is 2.50. The number of hydrogen-bond acceptors (Lipinski definition) is 6. The monoisotopic (exact) mass is 282 g/mol. The molecule has 0 amide bonds. The van der Waals surface area contributed by atoms with Gasteiger partial charge in [-0.2, -0.15) is 4.68 Å². The molecule has 0 unspecified atom stereocenters. The predicted molar refractivity (Wildman–Crippen MR) is 64.8 cm³/mol. The Morgan fingerprint density at radius 2 is 2.21 bits per heavy atom. The van der Waals surface area contributed by atoms with Crippen molar-refractivity contribution in [1.82, 2.24) is 29.1 Å². The third-order valence-corrected chi connectivity index (χ3v) is 4.12. The predicted octanol–water partition coefficient (Wildman–Crippen LogP) is -1.17. The van der Waals surface area contributed by atoms with E-state index >= 15 is 0 Å². The molecule has 10 heteroatoms. The lowest BCUT2D eigenvalue weighted by molar-refractivity contribution is 0.578. The van der Waals surface area contributed by atoms with Crippen molar-refractivity contribution in [1.29, 1.82) is 0 Å². The van der Waals surface area contributed by atoms with Crippen LogP contribution in [0.2, 0.25) is 0 Å².